The zero-order valence-corrected chi connectivity index (χ0v) is 11.1. The van der Waals surface area contributed by atoms with Gasteiger partial charge in [-0.2, -0.15) is 0 Å². The second kappa shape index (κ2) is 6.44. The van der Waals surface area contributed by atoms with E-state index in [2.05, 4.69) is 5.43 Å². The number of ether oxygens (including phenoxy) is 1. The van der Waals surface area contributed by atoms with Crippen molar-refractivity contribution in [3.05, 3.63) is 66.2 Å². The van der Waals surface area contributed by atoms with Gasteiger partial charge in [-0.25, -0.2) is 10.6 Å². The van der Waals surface area contributed by atoms with E-state index in [1.165, 1.54) is 0 Å². The fraction of sp³-hybridized carbons (Fsp3) is 0. The minimum absolute atomic E-state index is 0.215. The third kappa shape index (κ3) is 3.52. The highest BCUT2D eigenvalue weighted by Crippen LogP contribution is 2.24. The average Bonchev–Trinajstić information content (AvgIpc) is 2.53. The highest BCUT2D eigenvalue weighted by atomic mass is 16.5. The zero-order chi connectivity index (χ0) is 15.2. The molecule has 2 aromatic carbocycles. The first-order valence-corrected chi connectivity index (χ1v) is 6.15. The van der Waals surface area contributed by atoms with Crippen molar-refractivity contribution in [3.63, 3.8) is 0 Å². The maximum atomic E-state index is 10.8. The lowest BCUT2D eigenvalue weighted by Crippen LogP contribution is -2.31. The van der Waals surface area contributed by atoms with Crippen molar-refractivity contribution in [2.45, 2.75) is 0 Å². The monoisotopic (exact) mass is 285 g/mol. The fourth-order valence-corrected chi connectivity index (χ4v) is 1.75. The number of nitrogens with two attached hydrogens (primary N) is 2. The van der Waals surface area contributed by atoms with E-state index in [1.807, 2.05) is 36.4 Å². The first-order valence-electron chi connectivity index (χ1n) is 6.15. The number of nitrogens with one attached hydrogen (secondary N) is 1. The summed E-state index contributed by atoms with van der Waals surface area (Å²) in [5, 5.41) is 8.84. The van der Waals surface area contributed by atoms with Crippen molar-refractivity contribution in [1.82, 2.24) is 5.43 Å². The van der Waals surface area contributed by atoms with Gasteiger partial charge < -0.3 is 15.6 Å². The molecule has 0 atom stereocenters. The van der Waals surface area contributed by atoms with E-state index in [-0.39, 0.29) is 5.88 Å². The molecule has 6 nitrogen and oxygen atoms in total. The first kappa shape index (κ1) is 14.4. The molecule has 21 heavy (non-hydrogen) atoms. The maximum Gasteiger partial charge on any atom is 0.357 e. The third-order valence-electron chi connectivity index (χ3n) is 2.77. The highest BCUT2D eigenvalue weighted by molar-refractivity contribution is 5.85. The minimum Gasteiger partial charge on any atom is -0.476 e. The van der Waals surface area contributed by atoms with Crippen LogP contribution in [-0.2, 0) is 4.79 Å². The van der Waals surface area contributed by atoms with Gasteiger partial charge in [0.05, 0.1) is 0 Å². The number of rotatable bonds is 5. The van der Waals surface area contributed by atoms with Crippen LogP contribution in [0.4, 0.5) is 0 Å². The molecule has 0 fully saturated rings. The second-order valence-electron chi connectivity index (χ2n) is 4.19. The van der Waals surface area contributed by atoms with Crippen molar-refractivity contribution < 1.29 is 14.6 Å². The van der Waals surface area contributed by atoms with Crippen LogP contribution >= 0.6 is 0 Å². The molecule has 0 saturated carbocycles. The molecule has 0 bridgehead atoms. The molecular formula is C15H15N3O3. The summed E-state index contributed by atoms with van der Waals surface area (Å²) in [5.74, 6) is 4.12. The summed E-state index contributed by atoms with van der Waals surface area (Å²) < 4.78 is 5.39. The van der Waals surface area contributed by atoms with Crippen LogP contribution < -0.4 is 21.7 Å². The number of hydrazine groups is 1. The predicted octanol–water partition coefficient (Wildman–Crippen LogP) is 1.41. The van der Waals surface area contributed by atoms with Gasteiger partial charge in [-0.1, -0.05) is 42.5 Å². The van der Waals surface area contributed by atoms with Crippen LogP contribution in [0.25, 0.3) is 11.1 Å². The number of carboxylic acid groups (broad SMARTS) is 1. The fourth-order valence-electron chi connectivity index (χ4n) is 1.75. The molecule has 0 aromatic heterocycles. The molecule has 0 amide bonds. The number of carboxylic acids is 1. The average molecular weight is 285 g/mol. The molecule has 2 aromatic rings. The topological polar surface area (TPSA) is 111 Å². The summed E-state index contributed by atoms with van der Waals surface area (Å²) in [6.07, 6.45) is 0. The van der Waals surface area contributed by atoms with Crippen molar-refractivity contribution in [1.29, 1.82) is 0 Å². The Hall–Kier alpha value is -2.99. The largest absolute Gasteiger partial charge is 0.476 e. The molecule has 2 rings (SSSR count). The van der Waals surface area contributed by atoms with E-state index >= 15 is 0 Å². The van der Waals surface area contributed by atoms with Gasteiger partial charge in [0.2, 0.25) is 5.88 Å². The van der Waals surface area contributed by atoms with E-state index < -0.39 is 11.7 Å². The molecule has 108 valence electrons. The van der Waals surface area contributed by atoms with Gasteiger partial charge in [0.1, 0.15) is 5.75 Å². The number of hydrogen-bond acceptors (Lipinski definition) is 5. The van der Waals surface area contributed by atoms with Crippen LogP contribution in [0.2, 0.25) is 0 Å². The van der Waals surface area contributed by atoms with Crippen LogP contribution in [-0.4, -0.2) is 11.1 Å². The summed E-state index contributed by atoms with van der Waals surface area (Å²) in [6, 6.07) is 16.9. The van der Waals surface area contributed by atoms with Crippen LogP contribution in [0.3, 0.4) is 0 Å². The Morgan fingerprint density at radius 3 is 2.33 bits per heavy atom. The SMILES string of the molecule is NN/C(Oc1cccc(-c2ccccc2)c1)=C(\N)C(=O)O. The van der Waals surface area contributed by atoms with Crippen LogP contribution in [0.5, 0.6) is 5.75 Å². The highest BCUT2D eigenvalue weighted by Gasteiger charge is 2.12. The molecule has 0 aliphatic carbocycles. The van der Waals surface area contributed by atoms with Gasteiger partial charge in [-0.15, -0.1) is 0 Å². The maximum absolute atomic E-state index is 10.8. The van der Waals surface area contributed by atoms with E-state index in [4.69, 9.17) is 21.4 Å². The third-order valence-corrected chi connectivity index (χ3v) is 2.77. The van der Waals surface area contributed by atoms with E-state index in [1.54, 1.807) is 18.2 Å². The van der Waals surface area contributed by atoms with Gasteiger partial charge in [-0.05, 0) is 23.3 Å². The van der Waals surface area contributed by atoms with E-state index in [0.717, 1.165) is 11.1 Å². The minimum atomic E-state index is -1.32. The first-order chi connectivity index (χ1) is 10.1. The zero-order valence-electron chi connectivity index (χ0n) is 11.1. The molecule has 0 saturated heterocycles. The summed E-state index contributed by atoms with van der Waals surface area (Å²) in [6.45, 7) is 0. The Bertz CT molecular complexity index is 669. The molecule has 0 unspecified atom stereocenters. The van der Waals surface area contributed by atoms with Crippen LogP contribution in [0.15, 0.2) is 66.2 Å². The number of benzene rings is 2. The normalized spacial score (nSPS) is 11.5. The van der Waals surface area contributed by atoms with Crippen molar-refractivity contribution in [2.75, 3.05) is 0 Å². The van der Waals surface area contributed by atoms with Gasteiger partial charge >= 0.3 is 5.97 Å². The van der Waals surface area contributed by atoms with Crippen molar-refractivity contribution in [3.8, 4) is 16.9 Å². The van der Waals surface area contributed by atoms with Crippen LogP contribution in [0.1, 0.15) is 0 Å². The van der Waals surface area contributed by atoms with Gasteiger partial charge in [0, 0.05) is 0 Å². The van der Waals surface area contributed by atoms with Gasteiger partial charge in [0.15, 0.2) is 5.70 Å². The number of aliphatic carboxylic acids is 1. The second-order valence-corrected chi connectivity index (χ2v) is 4.19. The summed E-state index contributed by atoms with van der Waals surface area (Å²) in [5.41, 5.74) is 8.97. The Morgan fingerprint density at radius 2 is 1.71 bits per heavy atom. The van der Waals surface area contributed by atoms with E-state index in [9.17, 15) is 4.79 Å². The summed E-state index contributed by atoms with van der Waals surface area (Å²) in [4.78, 5) is 10.8. The molecule has 6 heteroatoms. The molecule has 0 spiro atoms. The molecule has 6 N–H and O–H groups in total. The standard InChI is InChI=1S/C15H15N3O3/c16-13(15(19)20)14(18-17)21-12-8-4-7-11(9-12)10-5-2-1-3-6-10/h1-9,18H,16-17H2,(H,19,20)/b14-13+. The van der Waals surface area contributed by atoms with Gasteiger partial charge in [-0.3, -0.25) is 5.43 Å². The molecule has 0 radical (unpaired) electrons. The molecule has 0 heterocycles. The summed E-state index contributed by atoms with van der Waals surface area (Å²) >= 11 is 0. The lowest BCUT2D eigenvalue weighted by Gasteiger charge is -2.11. The Balaban J connectivity index is 2.30. The lowest BCUT2D eigenvalue weighted by molar-refractivity contribution is -0.132. The molecule has 0 aliphatic heterocycles. The smallest absolute Gasteiger partial charge is 0.357 e. The number of carbonyl (C=O) groups is 1. The lowest BCUT2D eigenvalue weighted by atomic mass is 10.1. The number of hydrogen-bond donors (Lipinski definition) is 4. The molecular weight excluding hydrogens is 270 g/mol. The summed E-state index contributed by atoms with van der Waals surface area (Å²) in [7, 11) is 0. The van der Waals surface area contributed by atoms with Gasteiger partial charge in [0.25, 0.3) is 0 Å². The van der Waals surface area contributed by atoms with Crippen molar-refractivity contribution >= 4 is 5.97 Å². The quantitative estimate of drug-likeness (QED) is 0.286. The Labute approximate surface area is 121 Å². The molecule has 0 aliphatic rings. The Morgan fingerprint density at radius 1 is 1.05 bits per heavy atom. The predicted molar refractivity (Wildman–Crippen MR) is 78.7 cm³/mol. The van der Waals surface area contributed by atoms with E-state index in [0.29, 0.717) is 5.75 Å². The van der Waals surface area contributed by atoms with Crippen LogP contribution in [0, 0.1) is 0 Å². The Kier molecular flexibility index (Phi) is 4.43. The van der Waals surface area contributed by atoms with Crippen molar-refractivity contribution in [2.24, 2.45) is 11.6 Å².